The monoisotopic (exact) mass is 243 g/mol. The van der Waals surface area contributed by atoms with Crippen molar-refractivity contribution in [2.45, 2.75) is 12.5 Å². The third-order valence-electron chi connectivity index (χ3n) is 3.25. The molecule has 1 heterocycles. The molecule has 1 aromatic heterocycles. The molecule has 2 rings (SSSR count). The Balaban J connectivity index is 2.32. The average Bonchev–Trinajstić information content (AvgIpc) is 2.39. The van der Waals surface area contributed by atoms with Crippen LogP contribution in [0.15, 0.2) is 36.5 Å². The lowest BCUT2D eigenvalue weighted by molar-refractivity contribution is 0.369. The SMILES string of the molecule is CNC(CCN(C)C)c1cccc2cccnc12. The molecule has 1 atom stereocenters. The summed E-state index contributed by atoms with van der Waals surface area (Å²) in [4.78, 5) is 6.73. The first-order valence-corrected chi connectivity index (χ1v) is 6.38. The van der Waals surface area contributed by atoms with Crippen molar-refractivity contribution in [2.24, 2.45) is 0 Å². The second-order valence-electron chi connectivity index (χ2n) is 4.86. The Hall–Kier alpha value is -1.45. The highest BCUT2D eigenvalue weighted by atomic mass is 15.1. The van der Waals surface area contributed by atoms with E-state index in [-0.39, 0.29) is 0 Å². The molecule has 0 saturated heterocycles. The molecular weight excluding hydrogens is 222 g/mol. The molecule has 0 spiro atoms. The van der Waals surface area contributed by atoms with E-state index in [0.717, 1.165) is 18.5 Å². The number of nitrogens with zero attached hydrogens (tertiary/aromatic N) is 2. The van der Waals surface area contributed by atoms with Crippen LogP contribution in [0.2, 0.25) is 0 Å². The predicted octanol–water partition coefficient (Wildman–Crippen LogP) is 2.45. The first kappa shape index (κ1) is 13.0. The minimum atomic E-state index is 0.353. The second kappa shape index (κ2) is 5.94. The molecule has 0 radical (unpaired) electrons. The van der Waals surface area contributed by atoms with E-state index in [1.807, 2.05) is 19.3 Å². The van der Waals surface area contributed by atoms with E-state index in [9.17, 15) is 0 Å². The number of para-hydroxylation sites is 1. The number of pyridine rings is 1. The number of nitrogens with one attached hydrogen (secondary N) is 1. The Morgan fingerprint density at radius 2 is 2.00 bits per heavy atom. The van der Waals surface area contributed by atoms with Crippen molar-refractivity contribution < 1.29 is 0 Å². The lowest BCUT2D eigenvalue weighted by Gasteiger charge is -2.20. The molecule has 3 heteroatoms. The van der Waals surface area contributed by atoms with E-state index in [0.29, 0.717) is 6.04 Å². The van der Waals surface area contributed by atoms with Gasteiger partial charge in [-0.05, 0) is 45.7 Å². The van der Waals surface area contributed by atoms with Crippen LogP contribution in [-0.4, -0.2) is 37.6 Å². The number of rotatable bonds is 5. The van der Waals surface area contributed by atoms with Gasteiger partial charge in [0.1, 0.15) is 0 Å². The van der Waals surface area contributed by atoms with Crippen LogP contribution in [0.1, 0.15) is 18.0 Å². The summed E-state index contributed by atoms with van der Waals surface area (Å²) in [6.07, 6.45) is 2.95. The van der Waals surface area contributed by atoms with E-state index < -0.39 is 0 Å². The van der Waals surface area contributed by atoms with Crippen molar-refractivity contribution in [2.75, 3.05) is 27.7 Å². The van der Waals surface area contributed by atoms with Crippen LogP contribution < -0.4 is 5.32 Å². The normalized spacial score (nSPS) is 13.1. The molecule has 0 aliphatic carbocycles. The number of fused-ring (bicyclic) bond motifs is 1. The molecule has 0 fully saturated rings. The summed E-state index contributed by atoms with van der Waals surface area (Å²) in [5.41, 5.74) is 2.40. The molecule has 1 aromatic carbocycles. The van der Waals surface area contributed by atoms with Gasteiger partial charge in [0, 0.05) is 17.6 Å². The van der Waals surface area contributed by atoms with Gasteiger partial charge in [-0.15, -0.1) is 0 Å². The summed E-state index contributed by atoms with van der Waals surface area (Å²) in [7, 11) is 6.23. The summed E-state index contributed by atoms with van der Waals surface area (Å²) < 4.78 is 0. The molecule has 1 unspecified atom stereocenters. The average molecular weight is 243 g/mol. The Labute approximate surface area is 109 Å². The third-order valence-corrected chi connectivity index (χ3v) is 3.25. The van der Waals surface area contributed by atoms with E-state index in [1.165, 1.54) is 10.9 Å². The number of benzene rings is 1. The quantitative estimate of drug-likeness (QED) is 0.874. The molecule has 1 N–H and O–H groups in total. The topological polar surface area (TPSA) is 28.2 Å². The van der Waals surface area contributed by atoms with Gasteiger partial charge in [-0.1, -0.05) is 24.3 Å². The van der Waals surface area contributed by atoms with Gasteiger partial charge in [-0.2, -0.15) is 0 Å². The number of hydrogen-bond donors (Lipinski definition) is 1. The Morgan fingerprint density at radius 3 is 2.72 bits per heavy atom. The number of hydrogen-bond acceptors (Lipinski definition) is 3. The fraction of sp³-hybridized carbons (Fsp3) is 0.400. The van der Waals surface area contributed by atoms with Gasteiger partial charge >= 0.3 is 0 Å². The minimum absolute atomic E-state index is 0.353. The highest BCUT2D eigenvalue weighted by Gasteiger charge is 2.13. The van der Waals surface area contributed by atoms with Crippen LogP contribution in [0.4, 0.5) is 0 Å². The predicted molar refractivity (Wildman–Crippen MR) is 76.7 cm³/mol. The molecule has 96 valence electrons. The van der Waals surface area contributed by atoms with Crippen LogP contribution in [0.5, 0.6) is 0 Å². The molecule has 0 bridgehead atoms. The summed E-state index contributed by atoms with van der Waals surface area (Å²) in [6.45, 7) is 1.06. The van der Waals surface area contributed by atoms with E-state index in [4.69, 9.17) is 0 Å². The van der Waals surface area contributed by atoms with Crippen LogP contribution in [0.3, 0.4) is 0 Å². The van der Waals surface area contributed by atoms with Crippen LogP contribution >= 0.6 is 0 Å². The zero-order valence-electron chi connectivity index (χ0n) is 11.4. The second-order valence-corrected chi connectivity index (χ2v) is 4.86. The largest absolute Gasteiger partial charge is 0.313 e. The zero-order valence-corrected chi connectivity index (χ0v) is 11.4. The molecule has 0 aliphatic heterocycles. The fourth-order valence-electron chi connectivity index (χ4n) is 2.25. The molecule has 0 amide bonds. The van der Waals surface area contributed by atoms with Gasteiger partial charge < -0.3 is 10.2 Å². The highest BCUT2D eigenvalue weighted by Crippen LogP contribution is 2.24. The van der Waals surface area contributed by atoms with Crippen molar-refractivity contribution >= 4 is 10.9 Å². The van der Waals surface area contributed by atoms with Crippen molar-refractivity contribution in [3.63, 3.8) is 0 Å². The lowest BCUT2D eigenvalue weighted by atomic mass is 10.00. The molecule has 2 aromatic rings. The smallest absolute Gasteiger partial charge is 0.0749 e. The fourth-order valence-corrected chi connectivity index (χ4v) is 2.25. The molecule has 0 aliphatic rings. The van der Waals surface area contributed by atoms with Crippen LogP contribution in [-0.2, 0) is 0 Å². The summed E-state index contributed by atoms with van der Waals surface area (Å²) in [5, 5.41) is 4.61. The number of aromatic nitrogens is 1. The van der Waals surface area contributed by atoms with Gasteiger partial charge in [-0.3, -0.25) is 4.98 Å². The molecule has 0 saturated carbocycles. The van der Waals surface area contributed by atoms with Crippen molar-refractivity contribution in [1.29, 1.82) is 0 Å². The summed E-state index contributed by atoms with van der Waals surface area (Å²) >= 11 is 0. The Kier molecular flexibility index (Phi) is 4.28. The maximum Gasteiger partial charge on any atom is 0.0749 e. The van der Waals surface area contributed by atoms with Crippen LogP contribution in [0.25, 0.3) is 10.9 Å². The zero-order chi connectivity index (χ0) is 13.0. The maximum atomic E-state index is 4.52. The van der Waals surface area contributed by atoms with Crippen molar-refractivity contribution in [3.8, 4) is 0 Å². The summed E-state index contributed by atoms with van der Waals surface area (Å²) in [6, 6.07) is 10.9. The maximum absolute atomic E-state index is 4.52. The van der Waals surface area contributed by atoms with Crippen molar-refractivity contribution in [3.05, 3.63) is 42.1 Å². The first-order valence-electron chi connectivity index (χ1n) is 6.38. The van der Waals surface area contributed by atoms with Crippen LogP contribution in [0, 0.1) is 0 Å². The Bertz CT molecular complexity index is 503. The highest BCUT2D eigenvalue weighted by molar-refractivity contribution is 5.81. The summed E-state index contributed by atoms with van der Waals surface area (Å²) in [5.74, 6) is 0. The van der Waals surface area contributed by atoms with Crippen molar-refractivity contribution in [1.82, 2.24) is 15.2 Å². The van der Waals surface area contributed by atoms with Gasteiger partial charge in [0.25, 0.3) is 0 Å². The van der Waals surface area contributed by atoms with Gasteiger partial charge in [0.15, 0.2) is 0 Å². The molecule has 18 heavy (non-hydrogen) atoms. The van der Waals surface area contributed by atoms with E-state index >= 15 is 0 Å². The molecular formula is C15H21N3. The molecule has 3 nitrogen and oxygen atoms in total. The lowest BCUT2D eigenvalue weighted by Crippen LogP contribution is -2.23. The van der Waals surface area contributed by atoms with Gasteiger partial charge in [0.2, 0.25) is 0 Å². The minimum Gasteiger partial charge on any atom is -0.313 e. The first-order chi connectivity index (χ1) is 8.72. The van der Waals surface area contributed by atoms with Gasteiger partial charge in [0.05, 0.1) is 5.52 Å². The van der Waals surface area contributed by atoms with E-state index in [2.05, 4.69) is 53.6 Å². The van der Waals surface area contributed by atoms with E-state index in [1.54, 1.807) is 0 Å². The third kappa shape index (κ3) is 2.86. The van der Waals surface area contributed by atoms with Gasteiger partial charge in [-0.25, -0.2) is 0 Å². The Morgan fingerprint density at radius 1 is 1.22 bits per heavy atom. The standard InChI is InChI=1S/C15H21N3/c1-16-14(9-11-18(2)3)13-8-4-6-12-7-5-10-17-15(12)13/h4-8,10,14,16H,9,11H2,1-3H3.